The molecule has 5 heteroatoms. The van der Waals surface area contributed by atoms with Gasteiger partial charge in [-0.3, -0.25) is 0 Å². The number of benzene rings is 4. The molecule has 1 saturated heterocycles. The first kappa shape index (κ1) is 22.7. The molecule has 172 valence electrons. The third-order valence-corrected chi connectivity index (χ3v) is 8.82. The van der Waals surface area contributed by atoms with Gasteiger partial charge in [-0.15, -0.1) is 0 Å². The van der Waals surface area contributed by atoms with E-state index in [2.05, 4.69) is 125 Å². The van der Waals surface area contributed by atoms with E-state index in [4.69, 9.17) is 9.31 Å². The summed E-state index contributed by atoms with van der Waals surface area (Å²) >= 11 is 1.87. The zero-order valence-corrected chi connectivity index (χ0v) is 21.4. The Morgan fingerprint density at radius 1 is 0.571 bits per heavy atom. The summed E-state index contributed by atoms with van der Waals surface area (Å²) in [6.07, 6.45) is 0. The maximum atomic E-state index is 6.31. The molecular weight excluding hydrogens is 446 g/mol. The van der Waals surface area contributed by atoms with E-state index in [0.29, 0.717) is 0 Å². The molecule has 0 N–H and O–H groups in total. The number of hydrogen-bond donors (Lipinski definition) is 0. The van der Waals surface area contributed by atoms with Crippen LogP contribution >= 0.6 is 11.8 Å². The number of hydrogen-bond acceptors (Lipinski definition) is 3. The van der Waals surface area contributed by atoms with Gasteiger partial charge in [-0.1, -0.05) is 113 Å². The maximum Gasteiger partial charge on any atom is 0.494 e. The van der Waals surface area contributed by atoms with E-state index in [1.165, 1.54) is 37.3 Å². The minimum Gasteiger partial charge on any atom is -0.399 e. The van der Waals surface area contributed by atoms with Gasteiger partial charge in [0, 0.05) is 9.79 Å². The van der Waals surface area contributed by atoms with E-state index in [0.717, 1.165) is 5.46 Å². The Kier molecular flexibility index (Phi) is 5.48. The fraction of sp³-hybridized carbons (Fsp3) is 0.200. The van der Waals surface area contributed by atoms with Gasteiger partial charge >= 0.3 is 7.12 Å². The molecule has 0 spiro atoms. The maximum absolute atomic E-state index is 6.31. The van der Waals surface area contributed by atoms with Crippen LogP contribution in [0.15, 0.2) is 107 Å². The van der Waals surface area contributed by atoms with Gasteiger partial charge in [0.25, 0.3) is 0 Å². The van der Waals surface area contributed by atoms with Crippen LogP contribution in [0.4, 0.5) is 0 Å². The molecule has 2 heterocycles. The molecule has 0 amide bonds. The van der Waals surface area contributed by atoms with Crippen LogP contribution in [0.25, 0.3) is 11.1 Å². The Balaban J connectivity index is 1.39. The Morgan fingerprint density at radius 2 is 1.20 bits per heavy atom. The molecule has 0 bridgehead atoms. The SMILES string of the molecule is CC1(C)OB(c2cccc(-c3ccc4c(c3)Sc3ccccc3B4c3ccccc3)c2)OC1(C)C. The highest BCUT2D eigenvalue weighted by molar-refractivity contribution is 8.00. The topological polar surface area (TPSA) is 18.5 Å². The molecule has 4 aromatic carbocycles. The van der Waals surface area contributed by atoms with Crippen molar-refractivity contribution in [3.05, 3.63) is 97.1 Å². The predicted octanol–water partition coefficient (Wildman–Crippen LogP) is 4.63. The Hall–Kier alpha value is -2.72. The van der Waals surface area contributed by atoms with Crippen molar-refractivity contribution in [1.29, 1.82) is 0 Å². The summed E-state index contributed by atoms with van der Waals surface area (Å²) in [5.41, 5.74) is 6.82. The minimum absolute atomic E-state index is 0.244. The highest BCUT2D eigenvalue weighted by Gasteiger charge is 2.51. The van der Waals surface area contributed by atoms with E-state index in [9.17, 15) is 0 Å². The fourth-order valence-corrected chi connectivity index (χ4v) is 6.16. The molecular formula is C30H28B2O2S. The lowest BCUT2D eigenvalue weighted by Gasteiger charge is -2.32. The predicted molar refractivity (Wildman–Crippen MR) is 149 cm³/mol. The van der Waals surface area contributed by atoms with Crippen molar-refractivity contribution in [3.8, 4) is 11.1 Å². The van der Waals surface area contributed by atoms with Crippen molar-refractivity contribution in [2.45, 2.75) is 48.7 Å². The third-order valence-electron chi connectivity index (χ3n) is 7.65. The third kappa shape index (κ3) is 3.96. The van der Waals surface area contributed by atoms with Gasteiger partial charge in [0.05, 0.1) is 11.2 Å². The smallest absolute Gasteiger partial charge is 0.399 e. The molecule has 2 aliphatic heterocycles. The number of fused-ring (bicyclic) bond motifs is 2. The van der Waals surface area contributed by atoms with Crippen molar-refractivity contribution in [1.82, 2.24) is 0 Å². The lowest BCUT2D eigenvalue weighted by atomic mass is 9.36. The van der Waals surface area contributed by atoms with E-state index in [1.54, 1.807) is 0 Å². The fourth-order valence-electron chi connectivity index (χ4n) is 4.99. The molecule has 0 unspecified atom stereocenters. The van der Waals surface area contributed by atoms with Crippen molar-refractivity contribution in [3.63, 3.8) is 0 Å². The summed E-state index contributed by atoms with van der Waals surface area (Å²) in [5.74, 6) is 0. The highest BCUT2D eigenvalue weighted by Crippen LogP contribution is 2.37. The van der Waals surface area contributed by atoms with Crippen LogP contribution in [0.2, 0.25) is 0 Å². The summed E-state index contributed by atoms with van der Waals surface area (Å²) in [6, 6.07) is 35.1. The molecule has 6 rings (SSSR count). The monoisotopic (exact) mass is 474 g/mol. The first-order valence-electron chi connectivity index (χ1n) is 12.2. The average molecular weight is 474 g/mol. The first-order valence-corrected chi connectivity index (χ1v) is 13.1. The van der Waals surface area contributed by atoms with Gasteiger partial charge in [0.2, 0.25) is 6.71 Å². The molecule has 0 aliphatic carbocycles. The summed E-state index contributed by atoms with van der Waals surface area (Å²) < 4.78 is 12.6. The molecule has 4 aromatic rings. The van der Waals surface area contributed by atoms with E-state index < -0.39 is 0 Å². The van der Waals surface area contributed by atoms with Gasteiger partial charge in [0.1, 0.15) is 0 Å². The molecule has 0 radical (unpaired) electrons. The molecule has 0 saturated carbocycles. The van der Waals surface area contributed by atoms with E-state index in [-0.39, 0.29) is 25.0 Å². The van der Waals surface area contributed by atoms with Crippen molar-refractivity contribution >= 4 is 47.4 Å². The standard InChI is InChI=1S/C30H28B2O2S/c1-29(2)30(3,4)34-32(33-29)24-14-10-11-21(19-24)22-17-18-26-28(20-22)35-27-16-9-8-15-25(27)31(26)23-12-6-5-7-13-23/h5-20H,1-4H3. The van der Waals surface area contributed by atoms with Crippen LogP contribution < -0.4 is 21.9 Å². The Labute approximate surface area is 213 Å². The molecule has 0 aromatic heterocycles. The second kappa shape index (κ2) is 8.44. The second-order valence-electron chi connectivity index (χ2n) is 10.4. The van der Waals surface area contributed by atoms with Crippen LogP contribution in [0.1, 0.15) is 27.7 Å². The minimum atomic E-state index is -0.360. The van der Waals surface area contributed by atoms with Gasteiger partial charge in [-0.05, 0) is 56.4 Å². The average Bonchev–Trinajstić information content (AvgIpc) is 3.09. The van der Waals surface area contributed by atoms with Crippen molar-refractivity contribution in [2.75, 3.05) is 0 Å². The number of rotatable bonds is 3. The zero-order valence-electron chi connectivity index (χ0n) is 20.6. The van der Waals surface area contributed by atoms with Gasteiger partial charge in [0.15, 0.2) is 0 Å². The largest absolute Gasteiger partial charge is 0.494 e. The summed E-state index contributed by atoms with van der Waals surface area (Å²) in [6.45, 7) is 8.63. The summed E-state index contributed by atoms with van der Waals surface area (Å²) in [7, 11) is -0.360. The van der Waals surface area contributed by atoms with E-state index >= 15 is 0 Å². The van der Waals surface area contributed by atoms with Crippen LogP contribution in [-0.2, 0) is 9.31 Å². The normalized spacial score (nSPS) is 17.7. The quantitative estimate of drug-likeness (QED) is 0.356. The second-order valence-corrected chi connectivity index (χ2v) is 11.5. The van der Waals surface area contributed by atoms with Crippen LogP contribution in [0.3, 0.4) is 0 Å². The molecule has 2 nitrogen and oxygen atoms in total. The summed E-state index contributed by atoms with van der Waals surface area (Å²) in [4.78, 5) is 2.65. The Morgan fingerprint density at radius 3 is 1.97 bits per heavy atom. The molecule has 35 heavy (non-hydrogen) atoms. The van der Waals surface area contributed by atoms with Gasteiger partial charge < -0.3 is 9.31 Å². The van der Waals surface area contributed by atoms with Crippen LogP contribution in [-0.4, -0.2) is 25.0 Å². The lowest BCUT2D eigenvalue weighted by Crippen LogP contribution is -2.55. The lowest BCUT2D eigenvalue weighted by molar-refractivity contribution is 0.00578. The molecule has 1 fully saturated rings. The highest BCUT2D eigenvalue weighted by atomic mass is 32.2. The first-order chi connectivity index (χ1) is 16.8. The van der Waals surface area contributed by atoms with Crippen LogP contribution in [0.5, 0.6) is 0 Å². The van der Waals surface area contributed by atoms with Crippen LogP contribution in [0, 0.1) is 0 Å². The van der Waals surface area contributed by atoms with E-state index in [1.807, 2.05) is 11.8 Å². The molecule has 2 aliphatic rings. The van der Waals surface area contributed by atoms with Gasteiger partial charge in [-0.25, -0.2) is 0 Å². The Bertz CT molecular complexity index is 1380. The van der Waals surface area contributed by atoms with Crippen molar-refractivity contribution in [2.24, 2.45) is 0 Å². The van der Waals surface area contributed by atoms with Crippen molar-refractivity contribution < 1.29 is 9.31 Å². The zero-order chi connectivity index (χ0) is 24.2. The summed E-state index contributed by atoms with van der Waals surface area (Å²) in [5, 5.41) is 0. The molecule has 0 atom stereocenters. The van der Waals surface area contributed by atoms with Gasteiger partial charge in [-0.2, -0.15) is 0 Å².